The topological polar surface area (TPSA) is 21.3 Å². The van der Waals surface area contributed by atoms with Crippen molar-refractivity contribution in [2.24, 2.45) is 0 Å². The minimum atomic E-state index is 0.290. The summed E-state index contributed by atoms with van der Waals surface area (Å²) >= 11 is 0. The van der Waals surface area contributed by atoms with Crippen LogP contribution in [0, 0.1) is 12.3 Å². The number of anilines is 1. The van der Waals surface area contributed by atoms with Gasteiger partial charge in [0.05, 0.1) is 0 Å². The summed E-state index contributed by atoms with van der Waals surface area (Å²) in [5, 5.41) is 3.40. The van der Waals surface area contributed by atoms with Crippen LogP contribution in [0.15, 0.2) is 42.5 Å². The second-order valence-electron chi connectivity index (χ2n) is 4.18. The van der Waals surface area contributed by atoms with Crippen LogP contribution in [0.3, 0.4) is 0 Å². The van der Waals surface area contributed by atoms with Crippen molar-refractivity contribution in [2.45, 2.75) is 6.54 Å². The van der Waals surface area contributed by atoms with Crippen LogP contribution in [0.25, 0.3) is 11.1 Å². The minimum Gasteiger partial charge on any atom is -0.480 e. The Kier molecular flexibility index (Phi) is 2.66. The molecular formula is C16H13NO. The van der Waals surface area contributed by atoms with E-state index in [1.165, 1.54) is 11.1 Å². The van der Waals surface area contributed by atoms with Crippen molar-refractivity contribution in [2.75, 3.05) is 11.9 Å². The highest BCUT2D eigenvalue weighted by molar-refractivity contribution is 5.87. The van der Waals surface area contributed by atoms with Gasteiger partial charge in [0.25, 0.3) is 0 Å². The molecule has 0 saturated carbocycles. The fourth-order valence-electron chi connectivity index (χ4n) is 2.30. The lowest BCUT2D eigenvalue weighted by atomic mass is 9.94. The Morgan fingerprint density at radius 1 is 1.17 bits per heavy atom. The molecule has 0 radical (unpaired) electrons. The maximum absolute atomic E-state index is 5.63. The molecular weight excluding hydrogens is 222 g/mol. The number of terminal acetylenes is 1. The van der Waals surface area contributed by atoms with Crippen molar-refractivity contribution in [3.63, 3.8) is 0 Å². The average molecular weight is 235 g/mol. The maximum atomic E-state index is 5.63. The first-order chi connectivity index (χ1) is 8.90. The number of hydrogen-bond donors (Lipinski definition) is 1. The van der Waals surface area contributed by atoms with Crippen molar-refractivity contribution in [1.29, 1.82) is 0 Å². The van der Waals surface area contributed by atoms with E-state index in [1.54, 1.807) is 0 Å². The smallest absolute Gasteiger partial charge is 0.148 e. The third kappa shape index (κ3) is 1.70. The second kappa shape index (κ2) is 4.46. The third-order valence-electron chi connectivity index (χ3n) is 3.09. The number of hydrogen-bond acceptors (Lipinski definition) is 2. The molecule has 0 aromatic heterocycles. The fraction of sp³-hybridized carbons (Fsp3) is 0.125. The second-order valence-corrected chi connectivity index (χ2v) is 4.18. The number of nitrogens with one attached hydrogen (secondary N) is 1. The molecule has 88 valence electrons. The van der Waals surface area contributed by atoms with E-state index >= 15 is 0 Å². The molecule has 0 fully saturated rings. The van der Waals surface area contributed by atoms with E-state index in [9.17, 15) is 0 Å². The van der Waals surface area contributed by atoms with E-state index in [0.717, 1.165) is 23.5 Å². The maximum Gasteiger partial charge on any atom is 0.148 e. The van der Waals surface area contributed by atoms with Gasteiger partial charge < -0.3 is 10.1 Å². The van der Waals surface area contributed by atoms with Crippen LogP contribution in [0.5, 0.6) is 5.75 Å². The van der Waals surface area contributed by atoms with Crippen LogP contribution in [0.4, 0.5) is 5.69 Å². The normalized spacial score (nSPS) is 11.7. The van der Waals surface area contributed by atoms with Crippen LogP contribution < -0.4 is 10.1 Å². The molecule has 2 nitrogen and oxygen atoms in total. The summed E-state index contributed by atoms with van der Waals surface area (Å²) < 4.78 is 5.63. The van der Waals surface area contributed by atoms with Crippen molar-refractivity contribution in [3.05, 3.63) is 48.0 Å². The first-order valence-corrected chi connectivity index (χ1v) is 5.91. The quantitative estimate of drug-likeness (QED) is 0.806. The SMILES string of the molecule is C#CCOc1cccc2c1-c1ccccc1CN2. The van der Waals surface area contributed by atoms with Gasteiger partial charge in [0.2, 0.25) is 0 Å². The van der Waals surface area contributed by atoms with Gasteiger partial charge in [-0.3, -0.25) is 0 Å². The van der Waals surface area contributed by atoms with Gasteiger partial charge in [-0.05, 0) is 23.3 Å². The van der Waals surface area contributed by atoms with Gasteiger partial charge in [0.15, 0.2) is 0 Å². The molecule has 0 bridgehead atoms. The summed E-state index contributed by atoms with van der Waals surface area (Å²) in [4.78, 5) is 0. The Bertz CT molecular complexity index is 625. The Hall–Kier alpha value is -2.40. The summed E-state index contributed by atoms with van der Waals surface area (Å²) in [6, 6.07) is 14.4. The molecule has 0 aliphatic carbocycles. The summed E-state index contributed by atoms with van der Waals surface area (Å²) in [5.41, 5.74) is 4.71. The van der Waals surface area contributed by atoms with Crippen LogP contribution in [-0.4, -0.2) is 6.61 Å². The zero-order chi connectivity index (χ0) is 12.4. The highest BCUT2D eigenvalue weighted by atomic mass is 16.5. The lowest BCUT2D eigenvalue weighted by Gasteiger charge is -2.23. The molecule has 0 saturated heterocycles. The van der Waals surface area contributed by atoms with Gasteiger partial charge in [-0.25, -0.2) is 0 Å². The Morgan fingerprint density at radius 2 is 2.06 bits per heavy atom. The monoisotopic (exact) mass is 235 g/mol. The van der Waals surface area contributed by atoms with E-state index in [1.807, 2.05) is 18.2 Å². The highest BCUT2D eigenvalue weighted by Crippen LogP contribution is 2.41. The molecule has 1 aliphatic rings. The number of rotatable bonds is 2. The first-order valence-electron chi connectivity index (χ1n) is 5.91. The van der Waals surface area contributed by atoms with Gasteiger partial charge in [-0.1, -0.05) is 36.3 Å². The van der Waals surface area contributed by atoms with Crippen molar-refractivity contribution in [3.8, 4) is 29.2 Å². The minimum absolute atomic E-state index is 0.290. The van der Waals surface area contributed by atoms with Crippen LogP contribution in [0.2, 0.25) is 0 Å². The molecule has 1 aliphatic heterocycles. The molecule has 2 aromatic rings. The molecule has 3 rings (SSSR count). The first kappa shape index (κ1) is 10.7. The predicted molar refractivity (Wildman–Crippen MR) is 73.5 cm³/mol. The molecule has 2 aromatic carbocycles. The van der Waals surface area contributed by atoms with Gasteiger partial charge in [0, 0.05) is 17.8 Å². The summed E-state index contributed by atoms with van der Waals surface area (Å²) in [6.07, 6.45) is 5.26. The van der Waals surface area contributed by atoms with Gasteiger partial charge in [-0.15, -0.1) is 6.42 Å². The van der Waals surface area contributed by atoms with Crippen molar-refractivity contribution < 1.29 is 4.74 Å². The van der Waals surface area contributed by atoms with Crippen molar-refractivity contribution >= 4 is 5.69 Å². The molecule has 18 heavy (non-hydrogen) atoms. The average Bonchev–Trinajstić information content (AvgIpc) is 2.44. The summed E-state index contributed by atoms with van der Waals surface area (Å²) in [7, 11) is 0. The highest BCUT2D eigenvalue weighted by Gasteiger charge is 2.18. The van der Waals surface area contributed by atoms with E-state index in [0.29, 0.717) is 6.61 Å². The number of benzene rings is 2. The van der Waals surface area contributed by atoms with E-state index in [-0.39, 0.29) is 0 Å². The summed E-state index contributed by atoms with van der Waals surface area (Å²) in [6.45, 7) is 1.14. The number of fused-ring (bicyclic) bond motifs is 3. The largest absolute Gasteiger partial charge is 0.480 e. The van der Waals surface area contributed by atoms with Gasteiger partial charge in [-0.2, -0.15) is 0 Å². The molecule has 0 amide bonds. The molecule has 0 atom stereocenters. The molecule has 0 unspecified atom stereocenters. The van der Waals surface area contributed by atoms with E-state index in [2.05, 4.69) is 35.5 Å². The Balaban J connectivity index is 2.15. The zero-order valence-electron chi connectivity index (χ0n) is 9.94. The zero-order valence-corrected chi connectivity index (χ0v) is 9.94. The summed E-state index contributed by atoms with van der Waals surface area (Å²) in [5.74, 6) is 3.34. The third-order valence-corrected chi connectivity index (χ3v) is 3.09. The van der Waals surface area contributed by atoms with Crippen LogP contribution in [0.1, 0.15) is 5.56 Å². The van der Waals surface area contributed by atoms with Gasteiger partial charge in [0.1, 0.15) is 12.4 Å². The molecule has 0 spiro atoms. The van der Waals surface area contributed by atoms with Crippen molar-refractivity contribution in [1.82, 2.24) is 0 Å². The lowest BCUT2D eigenvalue weighted by Crippen LogP contribution is -2.09. The molecule has 1 heterocycles. The lowest BCUT2D eigenvalue weighted by molar-refractivity contribution is 0.372. The standard InChI is InChI=1S/C16H13NO/c1-2-10-18-15-9-5-8-14-16(15)13-7-4-3-6-12(13)11-17-14/h1,3-9,17H,10-11H2. The fourth-order valence-corrected chi connectivity index (χ4v) is 2.30. The van der Waals surface area contributed by atoms with E-state index < -0.39 is 0 Å². The van der Waals surface area contributed by atoms with Gasteiger partial charge >= 0.3 is 0 Å². The molecule has 2 heteroatoms. The molecule has 1 N–H and O–H groups in total. The van der Waals surface area contributed by atoms with Crippen LogP contribution in [-0.2, 0) is 6.54 Å². The Labute approximate surface area is 107 Å². The number of ether oxygens (including phenoxy) is 1. The Morgan fingerprint density at radius 3 is 2.94 bits per heavy atom. The van der Waals surface area contributed by atoms with Crippen LogP contribution >= 0.6 is 0 Å². The predicted octanol–water partition coefficient (Wildman–Crippen LogP) is 3.29. The van der Waals surface area contributed by atoms with E-state index in [4.69, 9.17) is 11.2 Å².